The molecule has 0 aliphatic carbocycles. The van der Waals surface area contributed by atoms with Crippen molar-refractivity contribution < 1.29 is 17.9 Å². The van der Waals surface area contributed by atoms with E-state index in [-0.39, 0.29) is 24.0 Å². The second kappa shape index (κ2) is 10.1. The fourth-order valence-electron chi connectivity index (χ4n) is 3.78. The summed E-state index contributed by atoms with van der Waals surface area (Å²) >= 11 is 0. The lowest BCUT2D eigenvalue weighted by Crippen LogP contribution is -2.43. The molecule has 2 aliphatic rings. The van der Waals surface area contributed by atoms with Crippen LogP contribution in [-0.4, -0.2) is 72.0 Å². The molecule has 1 aromatic rings. The van der Waals surface area contributed by atoms with Crippen LogP contribution in [0.2, 0.25) is 0 Å². The predicted molar refractivity (Wildman–Crippen MR) is 120 cm³/mol. The summed E-state index contributed by atoms with van der Waals surface area (Å²) in [4.78, 5) is 7.03. The average molecular weight is 523 g/mol. The van der Waals surface area contributed by atoms with Gasteiger partial charge >= 0.3 is 0 Å². The standard InChI is InChI=1S/C19H29N3O4S.HI/c1-20-18(22-11-7-19(15-22)8-12-25-13-9-19)21-10-14-26-16-3-5-17(6-4-16)27(2,23)24;/h3-6H,7-15H2,1-2H3,(H,20,21);1H. The molecule has 0 amide bonds. The Morgan fingerprint density at radius 2 is 1.93 bits per heavy atom. The van der Waals surface area contributed by atoms with E-state index in [0.29, 0.717) is 29.2 Å². The summed E-state index contributed by atoms with van der Waals surface area (Å²) in [5, 5.41) is 3.36. The van der Waals surface area contributed by atoms with Gasteiger partial charge in [0.05, 0.1) is 11.4 Å². The minimum Gasteiger partial charge on any atom is -0.492 e. The van der Waals surface area contributed by atoms with Gasteiger partial charge in [-0.3, -0.25) is 4.99 Å². The van der Waals surface area contributed by atoms with Crippen LogP contribution >= 0.6 is 24.0 Å². The largest absolute Gasteiger partial charge is 0.492 e. The number of sulfone groups is 1. The number of likely N-dealkylation sites (tertiary alicyclic amines) is 1. The summed E-state index contributed by atoms with van der Waals surface area (Å²) < 4.78 is 34.2. The zero-order valence-corrected chi connectivity index (χ0v) is 19.7. The predicted octanol–water partition coefficient (Wildman–Crippen LogP) is 2.16. The number of hydrogen-bond acceptors (Lipinski definition) is 5. The molecule has 28 heavy (non-hydrogen) atoms. The molecule has 2 heterocycles. The Balaban J connectivity index is 0.00000280. The van der Waals surface area contributed by atoms with E-state index in [9.17, 15) is 8.42 Å². The van der Waals surface area contributed by atoms with Crippen molar-refractivity contribution in [3.8, 4) is 5.75 Å². The van der Waals surface area contributed by atoms with Gasteiger partial charge in [0.2, 0.25) is 0 Å². The molecule has 1 N–H and O–H groups in total. The molecule has 9 heteroatoms. The molecule has 0 unspecified atom stereocenters. The molecule has 3 rings (SSSR count). The van der Waals surface area contributed by atoms with E-state index in [1.54, 1.807) is 24.3 Å². The van der Waals surface area contributed by atoms with Crippen molar-refractivity contribution in [1.29, 1.82) is 0 Å². The van der Waals surface area contributed by atoms with Crippen LogP contribution in [0.3, 0.4) is 0 Å². The summed E-state index contributed by atoms with van der Waals surface area (Å²) in [5.74, 6) is 1.57. The smallest absolute Gasteiger partial charge is 0.193 e. The van der Waals surface area contributed by atoms with Crippen molar-refractivity contribution in [3.63, 3.8) is 0 Å². The van der Waals surface area contributed by atoms with Crippen LogP contribution in [0.1, 0.15) is 19.3 Å². The van der Waals surface area contributed by atoms with Crippen molar-refractivity contribution in [3.05, 3.63) is 24.3 Å². The summed E-state index contributed by atoms with van der Waals surface area (Å²) in [6, 6.07) is 6.49. The molecule has 0 bridgehead atoms. The zero-order valence-electron chi connectivity index (χ0n) is 16.5. The number of aliphatic imine (C=N–C) groups is 1. The SMILES string of the molecule is CN=C(NCCOc1ccc(S(C)(=O)=O)cc1)N1CCC2(CCOCC2)C1.I. The van der Waals surface area contributed by atoms with Crippen LogP contribution in [0.5, 0.6) is 5.75 Å². The highest BCUT2D eigenvalue weighted by Crippen LogP contribution is 2.39. The first-order valence-corrected chi connectivity index (χ1v) is 11.3. The summed E-state index contributed by atoms with van der Waals surface area (Å²) in [6.45, 7) is 4.90. The third-order valence-corrected chi connectivity index (χ3v) is 6.54. The highest BCUT2D eigenvalue weighted by atomic mass is 127. The minimum absolute atomic E-state index is 0. The van der Waals surface area contributed by atoms with Gasteiger partial charge in [0.25, 0.3) is 0 Å². The van der Waals surface area contributed by atoms with Crippen molar-refractivity contribution in [1.82, 2.24) is 10.2 Å². The number of benzene rings is 1. The quantitative estimate of drug-likeness (QED) is 0.276. The van der Waals surface area contributed by atoms with Crippen LogP contribution in [0.4, 0.5) is 0 Å². The normalized spacial score (nSPS) is 19.4. The fraction of sp³-hybridized carbons (Fsp3) is 0.632. The molecule has 1 spiro atoms. The Labute approximate surface area is 184 Å². The fourth-order valence-corrected chi connectivity index (χ4v) is 4.41. The minimum atomic E-state index is -3.18. The van der Waals surface area contributed by atoms with Crippen LogP contribution in [0.15, 0.2) is 34.2 Å². The number of nitrogens with one attached hydrogen (secondary N) is 1. The van der Waals surface area contributed by atoms with E-state index >= 15 is 0 Å². The maximum absolute atomic E-state index is 11.5. The lowest BCUT2D eigenvalue weighted by Gasteiger charge is -2.33. The van der Waals surface area contributed by atoms with Crippen molar-refractivity contribution in [2.45, 2.75) is 24.2 Å². The van der Waals surface area contributed by atoms with E-state index in [2.05, 4.69) is 15.2 Å². The van der Waals surface area contributed by atoms with E-state index in [1.807, 2.05) is 7.05 Å². The Morgan fingerprint density at radius 1 is 1.25 bits per heavy atom. The van der Waals surface area contributed by atoms with Gasteiger partial charge in [0.1, 0.15) is 12.4 Å². The maximum atomic E-state index is 11.5. The van der Waals surface area contributed by atoms with Gasteiger partial charge in [-0.1, -0.05) is 0 Å². The Kier molecular flexibility index (Phi) is 8.38. The van der Waals surface area contributed by atoms with E-state index in [4.69, 9.17) is 9.47 Å². The third kappa shape index (κ3) is 5.96. The van der Waals surface area contributed by atoms with Gasteiger partial charge in [-0.05, 0) is 48.9 Å². The molecule has 2 aliphatic heterocycles. The molecule has 0 atom stereocenters. The van der Waals surface area contributed by atoms with E-state index in [1.165, 1.54) is 12.7 Å². The first-order valence-electron chi connectivity index (χ1n) is 9.38. The van der Waals surface area contributed by atoms with Gasteiger partial charge in [-0.25, -0.2) is 8.42 Å². The van der Waals surface area contributed by atoms with E-state index in [0.717, 1.165) is 45.1 Å². The molecule has 7 nitrogen and oxygen atoms in total. The Bertz CT molecular complexity index is 762. The Hall–Kier alpha value is -1.07. The van der Waals surface area contributed by atoms with E-state index < -0.39 is 9.84 Å². The number of rotatable bonds is 5. The second-order valence-electron chi connectivity index (χ2n) is 7.35. The molecule has 2 fully saturated rings. The second-order valence-corrected chi connectivity index (χ2v) is 9.37. The van der Waals surface area contributed by atoms with Crippen LogP contribution in [-0.2, 0) is 14.6 Å². The lowest BCUT2D eigenvalue weighted by atomic mass is 9.80. The first-order chi connectivity index (χ1) is 12.9. The molecule has 2 saturated heterocycles. The van der Waals surface area contributed by atoms with Gasteiger partial charge in [-0.2, -0.15) is 0 Å². The van der Waals surface area contributed by atoms with Gasteiger partial charge in [-0.15, -0.1) is 24.0 Å². The number of hydrogen-bond donors (Lipinski definition) is 1. The molecule has 1 aromatic carbocycles. The molecule has 0 saturated carbocycles. The van der Waals surface area contributed by atoms with Gasteiger partial charge in [0.15, 0.2) is 15.8 Å². The molecule has 158 valence electrons. The topological polar surface area (TPSA) is 80.2 Å². The molecular weight excluding hydrogens is 493 g/mol. The molecule has 0 radical (unpaired) electrons. The summed E-state index contributed by atoms with van der Waals surface area (Å²) in [7, 11) is -1.37. The van der Waals surface area contributed by atoms with Crippen LogP contribution in [0, 0.1) is 5.41 Å². The monoisotopic (exact) mass is 523 g/mol. The Morgan fingerprint density at radius 3 is 2.54 bits per heavy atom. The van der Waals surface area contributed by atoms with Gasteiger partial charge in [0, 0.05) is 39.6 Å². The van der Waals surface area contributed by atoms with Crippen LogP contribution in [0.25, 0.3) is 0 Å². The molecule has 0 aromatic heterocycles. The number of halogens is 1. The highest BCUT2D eigenvalue weighted by Gasteiger charge is 2.40. The lowest BCUT2D eigenvalue weighted by molar-refractivity contribution is 0.0217. The van der Waals surface area contributed by atoms with Crippen molar-refractivity contribution in [2.24, 2.45) is 10.4 Å². The first kappa shape index (κ1) is 23.2. The van der Waals surface area contributed by atoms with Crippen LogP contribution < -0.4 is 10.1 Å². The van der Waals surface area contributed by atoms with Gasteiger partial charge < -0.3 is 19.7 Å². The molecular formula is C19H30IN3O4S. The number of ether oxygens (including phenoxy) is 2. The third-order valence-electron chi connectivity index (χ3n) is 5.41. The van der Waals surface area contributed by atoms with Crippen molar-refractivity contribution >= 4 is 39.8 Å². The average Bonchev–Trinajstić information content (AvgIpc) is 3.05. The maximum Gasteiger partial charge on any atom is 0.193 e. The number of nitrogens with zero attached hydrogens (tertiary/aromatic N) is 2. The zero-order chi connectivity index (χ0) is 19.3. The summed E-state index contributed by atoms with van der Waals surface area (Å²) in [5.41, 5.74) is 0.383. The number of guanidine groups is 1. The highest BCUT2D eigenvalue weighted by molar-refractivity contribution is 14.0. The van der Waals surface area contributed by atoms with Crippen molar-refractivity contribution in [2.75, 3.05) is 52.8 Å². The summed E-state index contributed by atoms with van der Waals surface area (Å²) in [6.07, 6.45) is 4.65.